The van der Waals surface area contributed by atoms with Gasteiger partial charge in [0.05, 0.1) is 5.60 Å². The monoisotopic (exact) mass is 250 g/mol. The lowest BCUT2D eigenvalue weighted by atomic mass is 9.94. The number of hydrogen-bond donors (Lipinski definition) is 3. The van der Waals surface area contributed by atoms with E-state index in [0.29, 0.717) is 6.54 Å². The van der Waals surface area contributed by atoms with Gasteiger partial charge in [0.15, 0.2) is 0 Å². The van der Waals surface area contributed by atoms with Crippen molar-refractivity contribution in [3.63, 3.8) is 0 Å². The molecule has 0 aliphatic heterocycles. The summed E-state index contributed by atoms with van der Waals surface area (Å²) in [6, 6.07) is 0. The molecule has 0 bridgehead atoms. The van der Waals surface area contributed by atoms with Crippen LogP contribution in [0.15, 0.2) is 6.20 Å². The fourth-order valence-electron chi connectivity index (χ4n) is 2.45. The van der Waals surface area contributed by atoms with Crippen molar-refractivity contribution in [2.45, 2.75) is 51.0 Å². The first-order valence-corrected chi connectivity index (χ1v) is 6.64. The molecule has 2 rings (SSSR count). The van der Waals surface area contributed by atoms with Crippen molar-refractivity contribution in [3.8, 4) is 0 Å². The number of nitrogen functional groups attached to an aromatic ring is 1. The third-order valence-corrected chi connectivity index (χ3v) is 3.61. The fraction of sp³-hybridized carbons (Fsp3) is 0.692. The lowest BCUT2D eigenvalue weighted by Gasteiger charge is -2.27. The van der Waals surface area contributed by atoms with Crippen molar-refractivity contribution >= 4 is 11.8 Å². The second-order valence-electron chi connectivity index (χ2n) is 5.25. The molecule has 1 aliphatic rings. The molecule has 5 heteroatoms. The summed E-state index contributed by atoms with van der Waals surface area (Å²) in [6.45, 7) is 2.46. The summed E-state index contributed by atoms with van der Waals surface area (Å²) < 4.78 is 0. The van der Waals surface area contributed by atoms with Crippen LogP contribution in [-0.2, 0) is 0 Å². The lowest BCUT2D eigenvalue weighted by molar-refractivity contribution is 0.0380. The molecule has 0 atom stereocenters. The fourth-order valence-corrected chi connectivity index (χ4v) is 2.45. The summed E-state index contributed by atoms with van der Waals surface area (Å²) >= 11 is 0. The number of rotatable bonds is 3. The van der Waals surface area contributed by atoms with Crippen molar-refractivity contribution in [1.29, 1.82) is 0 Å². The second-order valence-corrected chi connectivity index (χ2v) is 5.25. The topological polar surface area (TPSA) is 84.1 Å². The number of aliphatic hydroxyl groups is 1. The largest absolute Gasteiger partial charge is 0.388 e. The van der Waals surface area contributed by atoms with Crippen LogP contribution in [0.3, 0.4) is 0 Å². The third kappa shape index (κ3) is 3.32. The molecule has 1 aliphatic carbocycles. The van der Waals surface area contributed by atoms with E-state index in [1.54, 1.807) is 6.20 Å². The van der Waals surface area contributed by atoms with Crippen LogP contribution in [0.4, 0.5) is 11.8 Å². The lowest BCUT2D eigenvalue weighted by Crippen LogP contribution is -2.36. The molecule has 0 amide bonds. The maximum Gasteiger partial charge on any atom is 0.221 e. The summed E-state index contributed by atoms with van der Waals surface area (Å²) in [5.41, 5.74) is 5.91. The van der Waals surface area contributed by atoms with Gasteiger partial charge >= 0.3 is 0 Å². The quantitative estimate of drug-likeness (QED) is 0.713. The first-order chi connectivity index (χ1) is 8.59. The van der Waals surface area contributed by atoms with Crippen LogP contribution in [0, 0.1) is 6.92 Å². The van der Waals surface area contributed by atoms with E-state index in [1.807, 2.05) is 6.92 Å². The molecule has 1 heterocycles. The number of nitrogens with one attached hydrogen (secondary N) is 1. The van der Waals surface area contributed by atoms with Gasteiger partial charge in [0.2, 0.25) is 5.95 Å². The summed E-state index contributed by atoms with van der Waals surface area (Å²) in [5.74, 6) is 0.983. The Morgan fingerprint density at radius 2 is 2.00 bits per heavy atom. The molecule has 0 radical (unpaired) electrons. The highest BCUT2D eigenvalue weighted by atomic mass is 16.3. The van der Waals surface area contributed by atoms with Crippen LogP contribution in [-0.4, -0.2) is 27.2 Å². The van der Waals surface area contributed by atoms with Crippen LogP contribution < -0.4 is 11.1 Å². The van der Waals surface area contributed by atoms with Crippen molar-refractivity contribution in [2.75, 3.05) is 17.6 Å². The Labute approximate surface area is 108 Å². The van der Waals surface area contributed by atoms with Gasteiger partial charge in [-0.15, -0.1) is 0 Å². The minimum atomic E-state index is -0.608. The van der Waals surface area contributed by atoms with E-state index in [2.05, 4.69) is 15.3 Å². The van der Waals surface area contributed by atoms with Gasteiger partial charge in [-0.3, -0.25) is 0 Å². The minimum absolute atomic E-state index is 0.260. The van der Waals surface area contributed by atoms with Crippen molar-refractivity contribution in [2.24, 2.45) is 0 Å². The van der Waals surface area contributed by atoms with Gasteiger partial charge in [0.25, 0.3) is 0 Å². The van der Waals surface area contributed by atoms with Gasteiger partial charge in [0.1, 0.15) is 5.82 Å². The highest BCUT2D eigenvalue weighted by molar-refractivity contribution is 5.45. The zero-order valence-corrected chi connectivity index (χ0v) is 10.9. The predicted octanol–water partition coefficient (Wildman–Crippen LogP) is 1.86. The normalized spacial score (nSPS) is 19.2. The number of anilines is 2. The Hall–Kier alpha value is -1.36. The Morgan fingerprint density at radius 3 is 2.67 bits per heavy atom. The third-order valence-electron chi connectivity index (χ3n) is 3.61. The molecule has 0 spiro atoms. The average Bonchev–Trinajstić information content (AvgIpc) is 2.56. The number of nitrogens with two attached hydrogens (primary N) is 1. The van der Waals surface area contributed by atoms with E-state index < -0.39 is 5.60 Å². The van der Waals surface area contributed by atoms with Gasteiger partial charge in [-0.2, -0.15) is 4.98 Å². The molecule has 0 saturated heterocycles. The Kier molecular flexibility index (Phi) is 4.01. The smallest absolute Gasteiger partial charge is 0.221 e. The highest BCUT2D eigenvalue weighted by Gasteiger charge is 2.27. The van der Waals surface area contributed by atoms with Gasteiger partial charge in [0, 0.05) is 18.3 Å². The molecule has 5 nitrogen and oxygen atoms in total. The second kappa shape index (κ2) is 5.52. The van der Waals surface area contributed by atoms with Gasteiger partial charge < -0.3 is 16.2 Å². The maximum atomic E-state index is 10.5. The zero-order chi connectivity index (χ0) is 13.0. The molecule has 100 valence electrons. The first-order valence-electron chi connectivity index (χ1n) is 6.64. The Bertz CT molecular complexity index is 400. The SMILES string of the molecule is Cc1cnc(N)nc1NCC1(O)CCCCCC1. The molecular formula is C13H22N4O. The maximum absolute atomic E-state index is 10.5. The zero-order valence-electron chi connectivity index (χ0n) is 10.9. The van der Waals surface area contributed by atoms with Crippen LogP contribution in [0.25, 0.3) is 0 Å². The van der Waals surface area contributed by atoms with Gasteiger partial charge in [-0.1, -0.05) is 25.7 Å². The number of nitrogens with zero attached hydrogens (tertiary/aromatic N) is 2. The first kappa shape index (κ1) is 13.1. The van der Waals surface area contributed by atoms with E-state index in [1.165, 1.54) is 12.8 Å². The summed E-state index contributed by atoms with van der Waals surface area (Å²) in [4.78, 5) is 8.09. The van der Waals surface area contributed by atoms with E-state index in [9.17, 15) is 5.11 Å². The molecule has 0 unspecified atom stereocenters. The van der Waals surface area contributed by atoms with Crippen LogP contribution in [0.2, 0.25) is 0 Å². The van der Waals surface area contributed by atoms with Crippen LogP contribution in [0.5, 0.6) is 0 Å². The molecule has 1 aromatic rings. The number of hydrogen-bond acceptors (Lipinski definition) is 5. The highest BCUT2D eigenvalue weighted by Crippen LogP contribution is 2.27. The molecule has 1 fully saturated rings. The molecule has 18 heavy (non-hydrogen) atoms. The molecular weight excluding hydrogens is 228 g/mol. The number of aryl methyl sites for hydroxylation is 1. The summed E-state index contributed by atoms with van der Waals surface area (Å²) in [7, 11) is 0. The van der Waals surface area contributed by atoms with Crippen molar-refractivity contribution in [3.05, 3.63) is 11.8 Å². The standard InChI is InChI=1S/C13H22N4O/c1-10-8-15-12(14)17-11(10)16-9-13(18)6-4-2-3-5-7-13/h8,18H,2-7,9H2,1H3,(H3,14,15,16,17). The molecule has 4 N–H and O–H groups in total. The Balaban J connectivity index is 1.99. The van der Waals surface area contributed by atoms with Crippen LogP contribution in [0.1, 0.15) is 44.1 Å². The Morgan fingerprint density at radius 1 is 1.33 bits per heavy atom. The molecule has 1 aromatic heterocycles. The van der Waals surface area contributed by atoms with Crippen molar-refractivity contribution < 1.29 is 5.11 Å². The van der Waals surface area contributed by atoms with Crippen molar-refractivity contribution in [1.82, 2.24) is 9.97 Å². The minimum Gasteiger partial charge on any atom is -0.388 e. The number of aromatic nitrogens is 2. The van der Waals surface area contributed by atoms with E-state index >= 15 is 0 Å². The summed E-state index contributed by atoms with van der Waals surface area (Å²) in [5, 5.41) is 13.7. The summed E-state index contributed by atoms with van der Waals surface area (Å²) in [6.07, 6.45) is 8.07. The van der Waals surface area contributed by atoms with E-state index in [0.717, 1.165) is 37.1 Å². The average molecular weight is 250 g/mol. The van der Waals surface area contributed by atoms with Crippen LogP contribution >= 0.6 is 0 Å². The molecule has 0 aromatic carbocycles. The van der Waals surface area contributed by atoms with Gasteiger partial charge in [-0.25, -0.2) is 4.98 Å². The predicted molar refractivity (Wildman–Crippen MR) is 72.3 cm³/mol. The van der Waals surface area contributed by atoms with Gasteiger partial charge in [-0.05, 0) is 19.8 Å². The van der Waals surface area contributed by atoms with E-state index in [4.69, 9.17) is 5.73 Å². The molecule has 1 saturated carbocycles. The van der Waals surface area contributed by atoms with E-state index in [-0.39, 0.29) is 5.95 Å².